The molecule has 1 unspecified atom stereocenters. The Bertz CT molecular complexity index is 622. The van der Waals surface area contributed by atoms with Gasteiger partial charge < -0.3 is 20.1 Å². The first kappa shape index (κ1) is 20.3. The minimum Gasteiger partial charge on any atom is -0.379 e. The van der Waals surface area contributed by atoms with Gasteiger partial charge in [-0.15, -0.1) is 0 Å². The molecule has 0 saturated carbocycles. The maximum atomic E-state index is 14.0. The van der Waals surface area contributed by atoms with Crippen LogP contribution >= 0.6 is 0 Å². The van der Waals surface area contributed by atoms with Gasteiger partial charge in [0, 0.05) is 38.9 Å². The summed E-state index contributed by atoms with van der Waals surface area (Å²) < 4.78 is 24.7. The van der Waals surface area contributed by atoms with Crippen LogP contribution in [0.1, 0.15) is 12.5 Å². The number of amides is 2. The van der Waals surface area contributed by atoms with Crippen molar-refractivity contribution in [3.63, 3.8) is 0 Å². The molecule has 2 amide bonds. The molecule has 7 nitrogen and oxygen atoms in total. The number of rotatable bonds is 7. The highest BCUT2D eigenvalue weighted by Gasteiger charge is 2.30. The van der Waals surface area contributed by atoms with Gasteiger partial charge in [0.1, 0.15) is 11.4 Å². The zero-order valence-electron chi connectivity index (χ0n) is 15.2. The lowest BCUT2D eigenvalue weighted by Gasteiger charge is -2.29. The molecule has 0 radical (unpaired) electrons. The first-order valence-electron chi connectivity index (χ1n) is 8.62. The quantitative estimate of drug-likeness (QED) is 0.676. The third kappa shape index (κ3) is 5.48. The Hall–Kier alpha value is -2.03. The van der Waals surface area contributed by atoms with Crippen molar-refractivity contribution in [3.8, 4) is 0 Å². The second-order valence-corrected chi connectivity index (χ2v) is 6.31. The number of nitrogens with one attached hydrogen (secondary N) is 2. The summed E-state index contributed by atoms with van der Waals surface area (Å²) in [7, 11) is 1.43. The summed E-state index contributed by atoms with van der Waals surface area (Å²) in [4.78, 5) is 26.1. The SMILES string of the molecule is COC(C)(CNC(=O)C(=O)NCCN1CCOCC1)c1ccccc1F. The van der Waals surface area contributed by atoms with Crippen LogP contribution in [0.15, 0.2) is 24.3 Å². The van der Waals surface area contributed by atoms with Crippen molar-refractivity contribution >= 4 is 11.8 Å². The van der Waals surface area contributed by atoms with Crippen molar-refractivity contribution < 1.29 is 23.5 Å². The van der Waals surface area contributed by atoms with E-state index >= 15 is 0 Å². The fourth-order valence-electron chi connectivity index (χ4n) is 2.73. The summed E-state index contributed by atoms with van der Waals surface area (Å²) in [5, 5.41) is 5.10. The number of hydrogen-bond acceptors (Lipinski definition) is 5. The number of methoxy groups -OCH3 is 1. The molecule has 144 valence electrons. The Labute approximate surface area is 152 Å². The van der Waals surface area contributed by atoms with Crippen molar-refractivity contribution in [3.05, 3.63) is 35.6 Å². The largest absolute Gasteiger partial charge is 0.379 e. The fraction of sp³-hybridized carbons (Fsp3) is 0.556. The Morgan fingerprint density at radius 3 is 2.54 bits per heavy atom. The third-order valence-electron chi connectivity index (χ3n) is 4.50. The van der Waals surface area contributed by atoms with Gasteiger partial charge in [0.25, 0.3) is 0 Å². The zero-order chi connectivity index (χ0) is 19.0. The van der Waals surface area contributed by atoms with Gasteiger partial charge >= 0.3 is 11.8 Å². The zero-order valence-corrected chi connectivity index (χ0v) is 15.2. The van der Waals surface area contributed by atoms with Gasteiger partial charge in [0.2, 0.25) is 0 Å². The summed E-state index contributed by atoms with van der Waals surface area (Å²) in [6, 6.07) is 6.19. The van der Waals surface area contributed by atoms with E-state index in [0.29, 0.717) is 31.9 Å². The summed E-state index contributed by atoms with van der Waals surface area (Å²) in [5.74, 6) is -1.92. The van der Waals surface area contributed by atoms with Crippen LogP contribution in [0.3, 0.4) is 0 Å². The molecule has 1 aromatic carbocycles. The van der Waals surface area contributed by atoms with Gasteiger partial charge in [0.15, 0.2) is 0 Å². The molecule has 26 heavy (non-hydrogen) atoms. The van der Waals surface area contributed by atoms with Crippen molar-refractivity contribution in [2.24, 2.45) is 0 Å². The van der Waals surface area contributed by atoms with Gasteiger partial charge in [0.05, 0.1) is 19.8 Å². The van der Waals surface area contributed by atoms with E-state index in [4.69, 9.17) is 9.47 Å². The molecule has 0 aliphatic carbocycles. The smallest absolute Gasteiger partial charge is 0.309 e. The second kappa shape index (κ2) is 9.61. The summed E-state index contributed by atoms with van der Waals surface area (Å²) >= 11 is 0. The van der Waals surface area contributed by atoms with E-state index in [1.54, 1.807) is 25.1 Å². The van der Waals surface area contributed by atoms with Crippen LogP contribution in [0.2, 0.25) is 0 Å². The average molecular weight is 367 g/mol. The van der Waals surface area contributed by atoms with E-state index < -0.39 is 23.2 Å². The Morgan fingerprint density at radius 1 is 1.23 bits per heavy atom. The van der Waals surface area contributed by atoms with Crippen LogP contribution in [0.25, 0.3) is 0 Å². The average Bonchev–Trinajstić information content (AvgIpc) is 2.67. The van der Waals surface area contributed by atoms with Crippen LogP contribution in [0, 0.1) is 5.82 Å². The highest BCUT2D eigenvalue weighted by atomic mass is 19.1. The number of hydrogen-bond donors (Lipinski definition) is 2. The number of halogens is 1. The monoisotopic (exact) mass is 367 g/mol. The lowest BCUT2D eigenvalue weighted by Crippen LogP contribution is -2.48. The predicted molar refractivity (Wildman–Crippen MR) is 94.0 cm³/mol. The molecular weight excluding hydrogens is 341 g/mol. The predicted octanol–water partition coefficient (Wildman–Crippen LogP) is 0.252. The minimum absolute atomic E-state index is 0.0276. The number of carbonyl (C=O) groups excluding carboxylic acids is 2. The maximum absolute atomic E-state index is 14.0. The molecule has 1 aliphatic heterocycles. The highest BCUT2D eigenvalue weighted by molar-refractivity contribution is 6.35. The number of carbonyl (C=O) groups is 2. The molecule has 1 saturated heterocycles. The van der Waals surface area contributed by atoms with E-state index in [1.165, 1.54) is 13.2 Å². The summed E-state index contributed by atoms with van der Waals surface area (Å²) in [6.07, 6.45) is 0. The molecule has 1 aromatic rings. The van der Waals surface area contributed by atoms with Gasteiger partial charge in [-0.05, 0) is 13.0 Å². The van der Waals surface area contributed by atoms with Crippen LogP contribution < -0.4 is 10.6 Å². The molecule has 1 atom stereocenters. The van der Waals surface area contributed by atoms with Gasteiger partial charge in [-0.1, -0.05) is 18.2 Å². The second-order valence-electron chi connectivity index (χ2n) is 6.31. The van der Waals surface area contributed by atoms with Crippen molar-refractivity contribution in [2.45, 2.75) is 12.5 Å². The molecule has 1 aliphatic rings. The topological polar surface area (TPSA) is 79.9 Å². The van der Waals surface area contributed by atoms with E-state index in [2.05, 4.69) is 15.5 Å². The summed E-state index contributed by atoms with van der Waals surface area (Å²) in [5.41, 5.74) is -0.759. The fourth-order valence-corrected chi connectivity index (χ4v) is 2.73. The Kier molecular flexibility index (Phi) is 7.50. The van der Waals surface area contributed by atoms with Crippen LogP contribution in [-0.2, 0) is 24.7 Å². The Morgan fingerprint density at radius 2 is 1.88 bits per heavy atom. The van der Waals surface area contributed by atoms with Crippen LogP contribution in [0.5, 0.6) is 0 Å². The first-order chi connectivity index (χ1) is 12.5. The van der Waals surface area contributed by atoms with Crippen LogP contribution in [-0.4, -0.2) is 69.8 Å². The third-order valence-corrected chi connectivity index (χ3v) is 4.50. The number of benzene rings is 1. The molecule has 2 N–H and O–H groups in total. The molecule has 0 aromatic heterocycles. The number of ether oxygens (including phenoxy) is 2. The first-order valence-corrected chi connectivity index (χ1v) is 8.62. The van der Waals surface area contributed by atoms with Crippen molar-refractivity contribution in [1.82, 2.24) is 15.5 Å². The van der Waals surface area contributed by atoms with E-state index in [1.807, 2.05) is 0 Å². The lowest BCUT2D eigenvalue weighted by molar-refractivity contribution is -0.140. The normalized spacial score (nSPS) is 17.3. The molecule has 2 rings (SSSR count). The Balaban J connectivity index is 1.80. The van der Waals surface area contributed by atoms with Crippen molar-refractivity contribution in [1.29, 1.82) is 0 Å². The molecular formula is C18H26FN3O4. The van der Waals surface area contributed by atoms with Crippen LogP contribution in [0.4, 0.5) is 4.39 Å². The molecule has 8 heteroatoms. The number of morpholine rings is 1. The molecule has 0 bridgehead atoms. The van der Waals surface area contributed by atoms with E-state index in [-0.39, 0.29) is 6.54 Å². The van der Waals surface area contributed by atoms with Gasteiger partial charge in [-0.2, -0.15) is 0 Å². The van der Waals surface area contributed by atoms with Gasteiger partial charge in [-0.3, -0.25) is 14.5 Å². The molecule has 0 spiro atoms. The molecule has 1 heterocycles. The minimum atomic E-state index is -1.07. The van der Waals surface area contributed by atoms with E-state index in [0.717, 1.165) is 13.1 Å². The van der Waals surface area contributed by atoms with E-state index in [9.17, 15) is 14.0 Å². The summed E-state index contributed by atoms with van der Waals surface area (Å²) in [6.45, 7) is 5.66. The number of nitrogens with zero attached hydrogens (tertiary/aromatic N) is 1. The lowest BCUT2D eigenvalue weighted by atomic mass is 9.95. The standard InChI is InChI=1S/C18H26FN3O4/c1-18(25-2,14-5-3-4-6-15(14)19)13-21-17(24)16(23)20-7-8-22-9-11-26-12-10-22/h3-6H,7-13H2,1-2H3,(H,20,23)(H,21,24). The van der Waals surface area contributed by atoms with Gasteiger partial charge in [-0.25, -0.2) is 4.39 Å². The highest BCUT2D eigenvalue weighted by Crippen LogP contribution is 2.26. The molecule has 1 fully saturated rings. The van der Waals surface area contributed by atoms with Crippen molar-refractivity contribution in [2.75, 3.05) is 53.0 Å². The maximum Gasteiger partial charge on any atom is 0.309 e.